The number of anilines is 2. The zero-order chi connectivity index (χ0) is 22.1. The average molecular weight is 423 g/mol. The summed E-state index contributed by atoms with van der Waals surface area (Å²) >= 11 is 0. The molecular weight excluding hydrogens is 404 g/mol. The van der Waals surface area contributed by atoms with Gasteiger partial charge in [-0.15, -0.1) is 0 Å². The molecule has 1 aromatic heterocycles. The molecule has 8 heteroatoms. The van der Waals surface area contributed by atoms with Gasteiger partial charge in [0.1, 0.15) is 11.4 Å². The molecule has 4 rings (SSSR count). The van der Waals surface area contributed by atoms with Crippen molar-refractivity contribution in [2.75, 3.05) is 23.9 Å². The topological polar surface area (TPSA) is 71.5 Å². The first kappa shape index (κ1) is 20.5. The van der Waals surface area contributed by atoms with E-state index in [0.29, 0.717) is 11.4 Å². The van der Waals surface area contributed by atoms with Crippen molar-refractivity contribution in [2.45, 2.75) is 13.3 Å². The van der Waals surface area contributed by atoms with Gasteiger partial charge in [-0.3, -0.25) is 14.6 Å². The number of hydrogen-bond acceptors (Lipinski definition) is 4. The van der Waals surface area contributed by atoms with Crippen molar-refractivity contribution in [3.63, 3.8) is 0 Å². The fourth-order valence-corrected chi connectivity index (χ4v) is 3.44. The van der Waals surface area contributed by atoms with Crippen molar-refractivity contribution >= 4 is 23.2 Å². The number of carbonyl (C=O) groups is 2. The summed E-state index contributed by atoms with van der Waals surface area (Å²) < 4.78 is 33.1. The Labute approximate surface area is 177 Å². The summed E-state index contributed by atoms with van der Waals surface area (Å²) in [5.41, 5.74) is 3.21. The molecule has 2 amide bonds. The number of pyridine rings is 1. The van der Waals surface area contributed by atoms with E-state index in [-0.39, 0.29) is 18.1 Å². The Bertz CT molecular complexity index is 1160. The van der Waals surface area contributed by atoms with E-state index in [1.54, 1.807) is 36.2 Å². The number of likely N-dealkylation sites (N-methyl/N-ethyl adjacent to an activating group) is 1. The number of amides is 2. The van der Waals surface area contributed by atoms with Gasteiger partial charge in [0, 0.05) is 12.6 Å². The van der Waals surface area contributed by atoms with Gasteiger partial charge in [-0.05, 0) is 47.4 Å². The third kappa shape index (κ3) is 3.84. The maximum Gasteiger partial charge on any atom is 0.264 e. The van der Waals surface area contributed by atoms with Gasteiger partial charge in [0.2, 0.25) is 0 Å². The number of fused-ring (bicyclic) bond motifs is 1. The van der Waals surface area contributed by atoms with E-state index in [2.05, 4.69) is 10.3 Å². The minimum Gasteiger partial charge on any atom is -0.482 e. The highest BCUT2D eigenvalue weighted by Gasteiger charge is 2.24. The highest BCUT2D eigenvalue weighted by molar-refractivity contribution is 6.04. The van der Waals surface area contributed by atoms with Crippen LogP contribution in [0.2, 0.25) is 0 Å². The van der Waals surface area contributed by atoms with E-state index >= 15 is 0 Å². The Morgan fingerprint density at radius 3 is 2.48 bits per heavy atom. The van der Waals surface area contributed by atoms with E-state index in [1.165, 1.54) is 0 Å². The molecule has 0 unspecified atom stereocenters. The molecule has 6 nitrogen and oxygen atoms in total. The zero-order valence-electron chi connectivity index (χ0n) is 16.9. The second-order valence-corrected chi connectivity index (χ2v) is 7.08. The van der Waals surface area contributed by atoms with Gasteiger partial charge in [0.25, 0.3) is 11.8 Å². The molecule has 0 bridgehead atoms. The summed E-state index contributed by atoms with van der Waals surface area (Å²) in [7, 11) is 1.71. The molecule has 2 aromatic carbocycles. The highest BCUT2D eigenvalue weighted by atomic mass is 19.1. The predicted molar refractivity (Wildman–Crippen MR) is 112 cm³/mol. The first-order valence-electron chi connectivity index (χ1n) is 9.66. The van der Waals surface area contributed by atoms with Gasteiger partial charge >= 0.3 is 0 Å². The number of rotatable bonds is 4. The molecular formula is C23H19F2N3O3. The SMILES string of the molecule is CCc1cc2c(cc1-c1ccc(C(=O)Nc3c(F)cncc3F)cc1)OCC(=O)N2C. The third-order valence-electron chi connectivity index (χ3n) is 5.20. The lowest BCUT2D eigenvalue weighted by molar-refractivity contribution is -0.120. The lowest BCUT2D eigenvalue weighted by Crippen LogP contribution is -2.35. The Kier molecular flexibility index (Phi) is 5.37. The molecule has 158 valence electrons. The van der Waals surface area contributed by atoms with Gasteiger partial charge in [0.15, 0.2) is 18.2 Å². The highest BCUT2D eigenvalue weighted by Crippen LogP contribution is 2.38. The number of carbonyl (C=O) groups excluding carboxylic acids is 2. The molecule has 1 N–H and O–H groups in total. The Balaban J connectivity index is 1.62. The lowest BCUT2D eigenvalue weighted by Gasteiger charge is -2.27. The van der Waals surface area contributed by atoms with Crippen LogP contribution in [0.5, 0.6) is 5.75 Å². The van der Waals surface area contributed by atoms with Crippen molar-refractivity contribution in [1.29, 1.82) is 0 Å². The second kappa shape index (κ2) is 8.14. The fourth-order valence-electron chi connectivity index (χ4n) is 3.44. The number of nitrogens with one attached hydrogen (secondary N) is 1. The summed E-state index contributed by atoms with van der Waals surface area (Å²) in [6, 6.07) is 10.5. The minimum absolute atomic E-state index is 0.0182. The van der Waals surface area contributed by atoms with E-state index in [9.17, 15) is 18.4 Å². The number of halogens is 2. The van der Waals surface area contributed by atoms with Crippen molar-refractivity contribution in [1.82, 2.24) is 4.98 Å². The molecule has 0 saturated carbocycles. The molecule has 0 fully saturated rings. The average Bonchev–Trinajstić information content (AvgIpc) is 2.78. The van der Waals surface area contributed by atoms with E-state index < -0.39 is 23.2 Å². The van der Waals surface area contributed by atoms with E-state index in [1.807, 2.05) is 19.1 Å². The Hall–Kier alpha value is -3.81. The van der Waals surface area contributed by atoms with Crippen molar-refractivity contribution in [2.24, 2.45) is 0 Å². The molecule has 0 aliphatic carbocycles. The van der Waals surface area contributed by atoms with Crippen molar-refractivity contribution in [3.05, 3.63) is 71.6 Å². The summed E-state index contributed by atoms with van der Waals surface area (Å²) in [6.07, 6.45) is 2.39. The fraction of sp³-hybridized carbons (Fsp3) is 0.174. The van der Waals surface area contributed by atoms with E-state index in [0.717, 1.165) is 35.5 Å². The maximum atomic E-state index is 13.7. The molecule has 0 spiro atoms. The van der Waals surface area contributed by atoms with Crippen LogP contribution in [0.25, 0.3) is 11.1 Å². The molecule has 0 atom stereocenters. The van der Waals surface area contributed by atoms with Crippen LogP contribution < -0.4 is 15.0 Å². The lowest BCUT2D eigenvalue weighted by atomic mass is 9.95. The van der Waals surface area contributed by atoms with Crippen LogP contribution in [0.4, 0.5) is 20.2 Å². The summed E-state index contributed by atoms with van der Waals surface area (Å²) in [5.74, 6) is -2.04. The van der Waals surface area contributed by atoms with Crippen molar-refractivity contribution < 1.29 is 23.1 Å². The van der Waals surface area contributed by atoms with Gasteiger partial charge in [-0.1, -0.05) is 19.1 Å². The largest absolute Gasteiger partial charge is 0.482 e. The van der Waals surface area contributed by atoms with Crippen molar-refractivity contribution in [3.8, 4) is 16.9 Å². The normalized spacial score (nSPS) is 12.9. The molecule has 31 heavy (non-hydrogen) atoms. The number of aryl methyl sites for hydroxylation is 1. The van der Waals surface area contributed by atoms with Crippen LogP contribution >= 0.6 is 0 Å². The zero-order valence-corrected chi connectivity index (χ0v) is 16.9. The summed E-state index contributed by atoms with van der Waals surface area (Å²) in [5, 5.41) is 2.24. The van der Waals surface area contributed by atoms with Crippen LogP contribution in [0.1, 0.15) is 22.8 Å². The smallest absolute Gasteiger partial charge is 0.264 e. The van der Waals surface area contributed by atoms with Crippen LogP contribution in [-0.4, -0.2) is 30.5 Å². The molecule has 3 aromatic rings. The number of aromatic nitrogens is 1. The van der Waals surface area contributed by atoms with Gasteiger partial charge in [0.05, 0.1) is 18.1 Å². The quantitative estimate of drug-likeness (QED) is 0.683. The molecule has 1 aliphatic heterocycles. The predicted octanol–water partition coefficient (Wildman–Crippen LogP) is 4.20. The number of hydrogen-bond donors (Lipinski definition) is 1. The standard InChI is InChI=1S/C23H19F2N3O3/c1-3-13-8-19-20(31-12-21(29)28(19)2)9-16(13)14-4-6-15(7-5-14)23(30)27-22-17(24)10-26-11-18(22)25/h4-11H,3,12H2,1-2H3,(H,26,27,30). The maximum absolute atomic E-state index is 13.7. The Morgan fingerprint density at radius 2 is 1.84 bits per heavy atom. The molecule has 1 aliphatic rings. The first-order chi connectivity index (χ1) is 14.9. The van der Waals surface area contributed by atoms with Crippen LogP contribution in [0.15, 0.2) is 48.8 Å². The molecule has 2 heterocycles. The summed E-state index contributed by atoms with van der Waals surface area (Å²) in [6.45, 7) is 1.99. The number of ether oxygens (including phenoxy) is 1. The van der Waals surface area contributed by atoms with Gasteiger partial charge < -0.3 is 15.0 Å². The number of nitrogens with zero attached hydrogens (tertiary/aromatic N) is 2. The van der Waals surface area contributed by atoms with Crippen LogP contribution in [0, 0.1) is 11.6 Å². The summed E-state index contributed by atoms with van der Waals surface area (Å²) in [4.78, 5) is 29.3. The van der Waals surface area contributed by atoms with Gasteiger partial charge in [-0.25, -0.2) is 8.78 Å². The Morgan fingerprint density at radius 1 is 1.16 bits per heavy atom. The number of benzene rings is 2. The van der Waals surface area contributed by atoms with E-state index in [4.69, 9.17) is 4.74 Å². The molecule has 0 saturated heterocycles. The third-order valence-corrected chi connectivity index (χ3v) is 5.20. The van der Waals surface area contributed by atoms with Crippen LogP contribution in [-0.2, 0) is 11.2 Å². The first-order valence-corrected chi connectivity index (χ1v) is 9.66. The molecule has 0 radical (unpaired) electrons. The minimum atomic E-state index is -0.949. The van der Waals surface area contributed by atoms with Gasteiger partial charge in [-0.2, -0.15) is 0 Å². The second-order valence-electron chi connectivity index (χ2n) is 7.08. The monoisotopic (exact) mass is 423 g/mol. The van der Waals surface area contributed by atoms with Crippen LogP contribution in [0.3, 0.4) is 0 Å².